The molecule has 0 aromatic carbocycles. The van der Waals surface area contributed by atoms with E-state index in [1.807, 2.05) is 0 Å². The van der Waals surface area contributed by atoms with Gasteiger partial charge in [-0.15, -0.1) is 0 Å². The molecule has 0 aliphatic rings. The van der Waals surface area contributed by atoms with Crippen LogP contribution in [0.5, 0.6) is 0 Å². The first-order chi connectivity index (χ1) is 26.8. The van der Waals surface area contributed by atoms with Gasteiger partial charge in [-0.05, 0) is 83.5 Å². The molecule has 9 nitrogen and oxygen atoms in total. The van der Waals surface area contributed by atoms with Crippen molar-refractivity contribution in [2.45, 2.75) is 161 Å². The molecule has 1 amide bonds. The Morgan fingerprint density at radius 1 is 0.582 bits per heavy atom. The van der Waals surface area contributed by atoms with Crippen LogP contribution >= 0.6 is 7.82 Å². The number of allylic oxidation sites excluding steroid dienone is 14. The van der Waals surface area contributed by atoms with E-state index in [0.29, 0.717) is 12.8 Å². The summed E-state index contributed by atoms with van der Waals surface area (Å²) < 4.78 is 26.8. The maximum Gasteiger partial charge on any atom is 0.472 e. The number of esters is 1. The van der Waals surface area contributed by atoms with Gasteiger partial charge in [0.05, 0.1) is 13.2 Å². The third-order valence-electron chi connectivity index (χ3n) is 8.29. The number of hydrogen-bond donors (Lipinski definition) is 3. The average molecular weight is 790 g/mol. The van der Waals surface area contributed by atoms with Crippen molar-refractivity contribution in [1.29, 1.82) is 0 Å². The van der Waals surface area contributed by atoms with Gasteiger partial charge in [-0.2, -0.15) is 0 Å². The molecule has 0 heterocycles. The van der Waals surface area contributed by atoms with Gasteiger partial charge in [-0.3, -0.25) is 18.6 Å². The maximum absolute atomic E-state index is 12.1. The lowest BCUT2D eigenvalue weighted by atomic mass is 10.1. The Labute approximate surface area is 334 Å². The van der Waals surface area contributed by atoms with Crippen molar-refractivity contribution in [1.82, 2.24) is 5.32 Å². The molecule has 3 N–H and O–H groups in total. The minimum atomic E-state index is -4.43. The lowest BCUT2D eigenvalue weighted by Crippen LogP contribution is -2.27. The molecule has 0 fully saturated rings. The standard InChI is InChI=1S/C45H76NO8P/c1-3-5-7-9-11-13-15-17-18-19-20-21-22-23-24-26-27-29-31-33-35-37-44(48)46-39-40-53-55(50,51)54-42-43(47)41-52-45(49)38-36-34-32-30-28-25-16-14-12-10-8-6-4-2/h5,7-8,10-11,13-14,16-18,20-21,23-24,43,47H,3-4,6,9,12,15,19,22,25-42H2,1-2H3,(H,46,48)(H,50,51)/b7-5-,10-8-,13-11-,16-14-,18-17-,21-20-,24-23-. The summed E-state index contributed by atoms with van der Waals surface area (Å²) in [5.74, 6) is -0.558. The number of phosphoric acid groups is 1. The van der Waals surface area contributed by atoms with E-state index < -0.39 is 26.5 Å². The van der Waals surface area contributed by atoms with Crippen LogP contribution in [0.4, 0.5) is 0 Å². The quantitative estimate of drug-likeness (QED) is 0.0244. The zero-order chi connectivity index (χ0) is 40.3. The van der Waals surface area contributed by atoms with Gasteiger partial charge in [-0.25, -0.2) is 4.57 Å². The van der Waals surface area contributed by atoms with Crippen LogP contribution in [-0.4, -0.2) is 54.3 Å². The number of nitrogens with one attached hydrogen (secondary N) is 1. The molecule has 0 aliphatic heterocycles. The second kappa shape index (κ2) is 40.8. The highest BCUT2D eigenvalue weighted by Gasteiger charge is 2.23. The van der Waals surface area contributed by atoms with E-state index in [4.69, 9.17) is 13.8 Å². The van der Waals surface area contributed by atoms with Crippen molar-refractivity contribution in [3.05, 3.63) is 85.1 Å². The van der Waals surface area contributed by atoms with Gasteiger partial charge in [-0.1, -0.05) is 144 Å². The Morgan fingerprint density at radius 3 is 1.56 bits per heavy atom. The predicted molar refractivity (Wildman–Crippen MR) is 229 cm³/mol. The number of aliphatic hydroxyl groups excluding tert-OH is 1. The molecule has 0 saturated carbocycles. The fraction of sp³-hybridized carbons (Fsp3) is 0.644. The molecule has 0 rings (SSSR count). The minimum Gasteiger partial charge on any atom is -0.463 e. The van der Waals surface area contributed by atoms with Crippen LogP contribution in [0.15, 0.2) is 85.1 Å². The zero-order valence-corrected chi connectivity index (χ0v) is 35.2. The van der Waals surface area contributed by atoms with Crippen LogP contribution in [-0.2, 0) is 27.9 Å². The third kappa shape index (κ3) is 42.2. The summed E-state index contributed by atoms with van der Waals surface area (Å²) >= 11 is 0. The van der Waals surface area contributed by atoms with Gasteiger partial charge in [0.25, 0.3) is 0 Å². The summed E-state index contributed by atoms with van der Waals surface area (Å²) in [7, 11) is -4.43. The Kier molecular flexibility index (Phi) is 38.8. The highest BCUT2D eigenvalue weighted by Crippen LogP contribution is 2.42. The number of aliphatic hydroxyl groups is 1. The second-order valence-electron chi connectivity index (χ2n) is 13.6. The van der Waals surface area contributed by atoms with Crippen LogP contribution in [0, 0.1) is 0 Å². The van der Waals surface area contributed by atoms with E-state index >= 15 is 0 Å². The molecule has 0 aromatic heterocycles. The molecular formula is C45H76NO8P. The summed E-state index contributed by atoms with van der Waals surface area (Å²) in [6, 6.07) is 0. The van der Waals surface area contributed by atoms with E-state index in [2.05, 4.69) is 104 Å². The number of carbonyl (C=O) groups is 2. The topological polar surface area (TPSA) is 131 Å². The number of rotatable bonds is 38. The van der Waals surface area contributed by atoms with Crippen LogP contribution in [0.25, 0.3) is 0 Å². The summed E-state index contributed by atoms with van der Waals surface area (Å²) in [5.41, 5.74) is 0. The van der Waals surface area contributed by atoms with E-state index in [9.17, 15) is 24.2 Å². The van der Waals surface area contributed by atoms with Gasteiger partial charge in [0, 0.05) is 19.4 Å². The zero-order valence-electron chi connectivity index (χ0n) is 34.3. The van der Waals surface area contributed by atoms with Crippen molar-refractivity contribution in [2.75, 3.05) is 26.4 Å². The lowest BCUT2D eigenvalue weighted by Gasteiger charge is -2.15. The molecule has 0 radical (unpaired) electrons. The number of amides is 1. The van der Waals surface area contributed by atoms with Gasteiger partial charge in [0.15, 0.2) is 0 Å². The minimum absolute atomic E-state index is 0.0637. The number of unbranched alkanes of at least 4 members (excludes halogenated alkanes) is 11. The van der Waals surface area contributed by atoms with Crippen LogP contribution in [0.1, 0.15) is 155 Å². The monoisotopic (exact) mass is 790 g/mol. The SMILES string of the molecule is CC/C=C\C/C=C\C/C=C\C/C=C\C/C=C\CCCCCCCC(=O)NCCOP(=O)(O)OCC(O)COC(=O)CCCCCCC/C=C\C/C=C\CCC. The maximum atomic E-state index is 12.1. The first kappa shape index (κ1) is 52.2. The molecule has 10 heteroatoms. The van der Waals surface area contributed by atoms with E-state index in [1.54, 1.807) is 0 Å². The number of phosphoric ester groups is 1. The van der Waals surface area contributed by atoms with Crippen molar-refractivity contribution in [2.24, 2.45) is 0 Å². The largest absolute Gasteiger partial charge is 0.472 e. The Bertz CT molecular complexity index is 1170. The normalized spacial score (nSPS) is 14.2. The lowest BCUT2D eigenvalue weighted by molar-refractivity contribution is -0.147. The number of hydrogen-bond acceptors (Lipinski definition) is 7. The number of ether oxygens (including phenoxy) is 1. The Balaban J connectivity index is 3.68. The highest BCUT2D eigenvalue weighted by molar-refractivity contribution is 7.47. The molecule has 2 unspecified atom stereocenters. The van der Waals surface area contributed by atoms with Gasteiger partial charge < -0.3 is 20.1 Å². The van der Waals surface area contributed by atoms with Crippen molar-refractivity contribution in [3.63, 3.8) is 0 Å². The molecule has 0 bridgehead atoms. The Hall–Kier alpha value is -2.81. The molecule has 0 saturated heterocycles. The van der Waals surface area contributed by atoms with Crippen molar-refractivity contribution >= 4 is 19.7 Å². The van der Waals surface area contributed by atoms with E-state index in [1.165, 1.54) is 6.42 Å². The first-order valence-electron chi connectivity index (χ1n) is 21.1. The predicted octanol–water partition coefficient (Wildman–Crippen LogP) is 11.7. The molecule has 0 spiro atoms. The molecule has 0 aliphatic carbocycles. The molecular weight excluding hydrogens is 713 g/mol. The van der Waals surface area contributed by atoms with Gasteiger partial charge in [0.2, 0.25) is 5.91 Å². The average Bonchev–Trinajstić information content (AvgIpc) is 3.17. The van der Waals surface area contributed by atoms with Crippen LogP contribution < -0.4 is 5.32 Å². The van der Waals surface area contributed by atoms with Crippen LogP contribution in [0.2, 0.25) is 0 Å². The fourth-order valence-electron chi connectivity index (χ4n) is 5.15. The molecule has 314 valence electrons. The van der Waals surface area contributed by atoms with E-state index in [-0.39, 0.29) is 32.1 Å². The molecule has 2 atom stereocenters. The molecule has 0 aromatic rings. The fourth-order valence-corrected chi connectivity index (χ4v) is 5.91. The third-order valence-corrected chi connectivity index (χ3v) is 9.27. The highest BCUT2D eigenvalue weighted by atomic mass is 31.2. The first-order valence-corrected chi connectivity index (χ1v) is 22.6. The van der Waals surface area contributed by atoms with Crippen molar-refractivity contribution < 1.29 is 37.9 Å². The smallest absolute Gasteiger partial charge is 0.463 e. The number of carbonyl (C=O) groups excluding carboxylic acids is 2. The van der Waals surface area contributed by atoms with E-state index in [0.717, 1.165) is 116 Å². The molecule has 55 heavy (non-hydrogen) atoms. The summed E-state index contributed by atoms with van der Waals surface area (Å²) in [6.07, 6.45) is 50.8. The summed E-state index contributed by atoms with van der Waals surface area (Å²) in [4.78, 5) is 33.9. The second-order valence-corrected chi connectivity index (χ2v) is 15.0. The Morgan fingerprint density at radius 2 is 1.04 bits per heavy atom. The summed E-state index contributed by atoms with van der Waals surface area (Å²) in [5, 5.41) is 12.7. The van der Waals surface area contributed by atoms with Gasteiger partial charge in [0.1, 0.15) is 12.7 Å². The van der Waals surface area contributed by atoms with Gasteiger partial charge >= 0.3 is 13.8 Å². The van der Waals surface area contributed by atoms with Crippen LogP contribution in [0.3, 0.4) is 0 Å². The summed E-state index contributed by atoms with van der Waals surface area (Å²) in [6.45, 7) is 3.31. The van der Waals surface area contributed by atoms with Crippen molar-refractivity contribution in [3.8, 4) is 0 Å².